The third-order valence-corrected chi connectivity index (χ3v) is 5.74. The van der Waals surface area contributed by atoms with E-state index >= 15 is 0 Å². The zero-order chi connectivity index (χ0) is 19.9. The van der Waals surface area contributed by atoms with Crippen LogP contribution in [-0.2, 0) is 9.53 Å². The predicted octanol–water partition coefficient (Wildman–Crippen LogP) is 5.98. The number of hydrogen-bond acceptors (Lipinski definition) is 5. The summed E-state index contributed by atoms with van der Waals surface area (Å²) in [4.78, 5) is 12.5. The van der Waals surface area contributed by atoms with Gasteiger partial charge in [0.1, 0.15) is 11.8 Å². The van der Waals surface area contributed by atoms with Crippen LogP contribution < -0.4 is 9.61 Å². The highest BCUT2D eigenvalue weighted by atomic mass is 35.7. The van der Waals surface area contributed by atoms with Crippen molar-refractivity contribution in [2.45, 2.75) is 33.2 Å². The first kappa shape index (κ1) is 22.3. The van der Waals surface area contributed by atoms with E-state index in [1.165, 1.54) is 0 Å². The molecule has 0 aromatic heterocycles. The lowest BCUT2D eigenvalue weighted by atomic mass is 9.99. The molecule has 0 aliphatic rings. The summed E-state index contributed by atoms with van der Waals surface area (Å²) in [5, 5.41) is 5.19. The average Bonchev–Trinajstić information content (AvgIpc) is 2.63. The lowest BCUT2D eigenvalue weighted by Crippen LogP contribution is -2.37. The molecule has 0 saturated carbocycles. The van der Waals surface area contributed by atoms with Gasteiger partial charge >= 0.3 is 5.97 Å². The van der Waals surface area contributed by atoms with Crippen LogP contribution in [0.1, 0.15) is 27.2 Å². The molecule has 0 amide bonds. The molecule has 0 bridgehead atoms. The fourth-order valence-electron chi connectivity index (χ4n) is 2.37. The summed E-state index contributed by atoms with van der Waals surface area (Å²) in [6.45, 7) is 6.46. The molecule has 0 spiro atoms. The molecule has 0 aliphatic carbocycles. The van der Waals surface area contributed by atoms with Crippen LogP contribution in [0.25, 0.3) is 10.8 Å². The van der Waals surface area contributed by atoms with Gasteiger partial charge in [0.05, 0.1) is 6.61 Å². The van der Waals surface area contributed by atoms with Crippen molar-refractivity contribution in [3.8, 4) is 5.75 Å². The summed E-state index contributed by atoms with van der Waals surface area (Å²) in [7, 11) is -1.55. The van der Waals surface area contributed by atoms with Crippen LogP contribution in [0.5, 0.6) is 5.75 Å². The van der Waals surface area contributed by atoms with E-state index in [9.17, 15) is 4.79 Å². The second-order valence-corrected chi connectivity index (χ2v) is 10.3. The van der Waals surface area contributed by atoms with Crippen LogP contribution in [0.3, 0.4) is 0 Å². The Hall–Kier alpha value is -1.00. The number of carbonyl (C=O) groups excluding carboxylic acids is 1. The molecular formula is C20H27ClNO3PS. The van der Waals surface area contributed by atoms with Crippen molar-refractivity contribution >= 4 is 47.4 Å². The number of benzene rings is 2. The monoisotopic (exact) mass is 427 g/mol. The van der Waals surface area contributed by atoms with E-state index in [0.29, 0.717) is 18.8 Å². The number of ether oxygens (including phenoxy) is 1. The lowest BCUT2D eigenvalue weighted by Gasteiger charge is -2.23. The zero-order valence-corrected chi connectivity index (χ0v) is 18.7. The molecule has 148 valence electrons. The van der Waals surface area contributed by atoms with Gasteiger partial charge in [0.15, 0.2) is 0 Å². The van der Waals surface area contributed by atoms with Crippen LogP contribution in [-0.4, -0.2) is 30.6 Å². The first-order valence-corrected chi connectivity index (χ1v) is 12.4. The first-order chi connectivity index (χ1) is 12.8. The van der Waals surface area contributed by atoms with Gasteiger partial charge in [0.25, 0.3) is 7.65 Å². The third-order valence-electron chi connectivity index (χ3n) is 3.73. The lowest BCUT2D eigenvalue weighted by molar-refractivity contribution is -0.148. The Morgan fingerprint density at radius 1 is 1.22 bits per heavy atom. The molecule has 0 heterocycles. The number of carbonyl (C=O) groups is 1. The Bertz CT molecular complexity index is 748. The summed E-state index contributed by atoms with van der Waals surface area (Å²) < 4.78 is 11.4. The van der Waals surface area contributed by atoms with E-state index in [0.717, 1.165) is 16.5 Å². The molecular weight excluding hydrogens is 401 g/mol. The average molecular weight is 428 g/mol. The van der Waals surface area contributed by atoms with Gasteiger partial charge in [-0.05, 0) is 46.5 Å². The van der Waals surface area contributed by atoms with E-state index in [-0.39, 0.29) is 11.4 Å². The topological polar surface area (TPSA) is 47.6 Å². The molecule has 0 radical (unpaired) electrons. The number of fused-ring (bicyclic) bond motifs is 1. The van der Waals surface area contributed by atoms with Crippen LogP contribution >= 0.6 is 30.7 Å². The number of rotatable bonds is 9. The van der Waals surface area contributed by atoms with Crippen molar-refractivity contribution in [2.24, 2.45) is 5.41 Å². The maximum Gasteiger partial charge on any atom is 0.323 e. The van der Waals surface area contributed by atoms with Gasteiger partial charge in [-0.2, -0.15) is 11.8 Å². The predicted molar refractivity (Wildman–Crippen MR) is 118 cm³/mol. The molecule has 7 heteroatoms. The van der Waals surface area contributed by atoms with Gasteiger partial charge in [-0.1, -0.05) is 57.2 Å². The molecule has 27 heavy (non-hydrogen) atoms. The minimum absolute atomic E-state index is 0.0785. The highest BCUT2D eigenvalue weighted by molar-refractivity contribution is 7.98. The van der Waals surface area contributed by atoms with E-state index in [1.54, 1.807) is 11.8 Å². The van der Waals surface area contributed by atoms with Crippen LogP contribution in [0.15, 0.2) is 42.5 Å². The molecule has 2 atom stereocenters. The first-order valence-electron chi connectivity index (χ1n) is 8.83. The second-order valence-electron chi connectivity index (χ2n) is 7.44. The van der Waals surface area contributed by atoms with E-state index in [1.807, 2.05) is 69.5 Å². The molecule has 1 N–H and O–H groups in total. The molecule has 1 unspecified atom stereocenters. The number of thioether (sulfide) groups is 1. The van der Waals surface area contributed by atoms with Crippen molar-refractivity contribution in [3.63, 3.8) is 0 Å². The normalized spacial score (nSPS) is 14.0. The van der Waals surface area contributed by atoms with Gasteiger partial charge in [0.2, 0.25) is 0 Å². The number of halogens is 1. The van der Waals surface area contributed by atoms with E-state index < -0.39 is 13.7 Å². The Morgan fingerprint density at radius 2 is 1.93 bits per heavy atom. The van der Waals surface area contributed by atoms with Crippen molar-refractivity contribution in [2.75, 3.05) is 18.6 Å². The largest absolute Gasteiger partial charge is 0.464 e. The van der Waals surface area contributed by atoms with Crippen LogP contribution in [0.4, 0.5) is 0 Å². The maximum atomic E-state index is 12.5. The summed E-state index contributed by atoms with van der Waals surface area (Å²) in [5.41, 5.74) is -0.0785. The van der Waals surface area contributed by atoms with Gasteiger partial charge in [0, 0.05) is 5.39 Å². The van der Waals surface area contributed by atoms with Crippen molar-refractivity contribution in [1.29, 1.82) is 0 Å². The molecule has 2 rings (SSSR count). The molecule has 0 saturated heterocycles. The van der Waals surface area contributed by atoms with Gasteiger partial charge in [-0.25, -0.2) is 5.09 Å². The van der Waals surface area contributed by atoms with Crippen LogP contribution in [0.2, 0.25) is 0 Å². The highest BCUT2D eigenvalue weighted by Gasteiger charge is 2.25. The molecule has 0 fully saturated rings. The minimum atomic E-state index is -1.55. The van der Waals surface area contributed by atoms with Crippen LogP contribution in [0, 0.1) is 5.41 Å². The van der Waals surface area contributed by atoms with E-state index in [2.05, 4.69) is 5.09 Å². The standard InChI is InChI=1S/C20H27ClNO3PS/c1-20(2,3)14-24-19(23)17(12-13-27-4)22-26(21)25-18-11-7-9-15-8-5-6-10-16(15)18/h5-11,17,22H,12-14H2,1-4H3/t17-,26?/m0/s1. The maximum absolute atomic E-state index is 12.5. The fraction of sp³-hybridized carbons (Fsp3) is 0.450. The minimum Gasteiger partial charge on any atom is -0.464 e. The fourth-order valence-corrected chi connectivity index (χ4v) is 4.28. The summed E-state index contributed by atoms with van der Waals surface area (Å²) in [6.07, 6.45) is 2.64. The number of esters is 1. The highest BCUT2D eigenvalue weighted by Crippen LogP contribution is 2.42. The third kappa shape index (κ3) is 7.50. The van der Waals surface area contributed by atoms with Gasteiger partial charge < -0.3 is 9.26 Å². The zero-order valence-electron chi connectivity index (χ0n) is 16.2. The smallest absolute Gasteiger partial charge is 0.323 e. The van der Waals surface area contributed by atoms with Gasteiger partial charge in [-0.15, -0.1) is 0 Å². The SMILES string of the molecule is CSCC[C@H](NP(Cl)Oc1cccc2ccccc12)C(=O)OCC(C)(C)C. The molecule has 2 aromatic carbocycles. The molecule has 4 nitrogen and oxygen atoms in total. The summed E-state index contributed by atoms with van der Waals surface area (Å²) in [5.74, 6) is 1.25. The van der Waals surface area contributed by atoms with Crippen molar-refractivity contribution in [1.82, 2.24) is 5.09 Å². The second kappa shape index (κ2) is 10.5. The molecule has 0 aliphatic heterocycles. The molecule has 2 aromatic rings. The Morgan fingerprint density at radius 3 is 2.63 bits per heavy atom. The van der Waals surface area contributed by atoms with Gasteiger partial charge in [-0.3, -0.25) is 4.79 Å². The summed E-state index contributed by atoms with van der Waals surface area (Å²) >= 11 is 8.12. The Balaban J connectivity index is 2.03. The van der Waals surface area contributed by atoms with Crippen molar-refractivity contribution < 1.29 is 14.1 Å². The van der Waals surface area contributed by atoms with Crippen molar-refractivity contribution in [3.05, 3.63) is 42.5 Å². The Kier molecular flexibility index (Phi) is 8.68. The van der Waals surface area contributed by atoms with E-state index in [4.69, 9.17) is 20.5 Å². The summed E-state index contributed by atoms with van der Waals surface area (Å²) in [6, 6.07) is 13.3. The number of hydrogen-bond donors (Lipinski definition) is 1. The quantitative estimate of drug-likeness (QED) is 0.393. The Labute approximate surface area is 172 Å². The number of nitrogens with one attached hydrogen (secondary N) is 1.